The van der Waals surface area contributed by atoms with Crippen LogP contribution in [0.25, 0.3) is 0 Å². The van der Waals surface area contributed by atoms with Crippen LogP contribution < -0.4 is 14.8 Å². The van der Waals surface area contributed by atoms with E-state index < -0.39 is 10.0 Å². The Bertz CT molecular complexity index is 645. The molecule has 2 aliphatic rings. The maximum atomic E-state index is 12.9. The van der Waals surface area contributed by atoms with Crippen molar-refractivity contribution in [1.29, 1.82) is 0 Å². The van der Waals surface area contributed by atoms with E-state index >= 15 is 0 Å². The van der Waals surface area contributed by atoms with Crippen LogP contribution in [0.5, 0.6) is 11.5 Å². The van der Waals surface area contributed by atoms with E-state index in [9.17, 15) is 8.42 Å². The lowest BCUT2D eigenvalue weighted by molar-refractivity contribution is 0.174. The highest BCUT2D eigenvalue weighted by molar-refractivity contribution is 7.89. The number of aryl methyl sites for hydroxylation is 1. The molecule has 0 amide bonds. The van der Waals surface area contributed by atoms with Crippen LogP contribution in [0.2, 0.25) is 0 Å². The van der Waals surface area contributed by atoms with Crippen LogP contribution in [0.3, 0.4) is 0 Å². The third-order valence-electron chi connectivity index (χ3n) is 4.02. The van der Waals surface area contributed by atoms with Gasteiger partial charge in [-0.05, 0) is 38.4 Å². The van der Waals surface area contributed by atoms with Crippen LogP contribution in [0, 0.1) is 6.92 Å². The SMILES string of the molecule is CNCC1CCCN1S(=O)(=O)c1cc2c(cc1C)OCO2. The highest BCUT2D eigenvalue weighted by Gasteiger charge is 2.36. The molecule has 0 radical (unpaired) electrons. The first-order valence-corrected chi connectivity index (χ1v) is 8.54. The first kappa shape index (κ1) is 14.6. The molecule has 1 aromatic carbocycles. The van der Waals surface area contributed by atoms with Crippen LogP contribution in [0.15, 0.2) is 17.0 Å². The fourth-order valence-electron chi connectivity index (χ4n) is 2.99. The molecule has 2 heterocycles. The first-order valence-electron chi connectivity index (χ1n) is 7.10. The molecule has 0 bridgehead atoms. The molecule has 21 heavy (non-hydrogen) atoms. The number of hydrogen-bond acceptors (Lipinski definition) is 5. The average Bonchev–Trinajstić information content (AvgIpc) is 3.06. The molecule has 0 saturated carbocycles. The molecule has 2 aliphatic heterocycles. The van der Waals surface area contributed by atoms with Crippen LogP contribution in [-0.4, -0.2) is 45.7 Å². The molecule has 0 aromatic heterocycles. The second kappa shape index (κ2) is 5.47. The largest absolute Gasteiger partial charge is 0.454 e. The van der Waals surface area contributed by atoms with Crippen LogP contribution >= 0.6 is 0 Å². The predicted octanol–water partition coefficient (Wildman–Crippen LogP) is 1.10. The van der Waals surface area contributed by atoms with Gasteiger partial charge in [0.2, 0.25) is 16.8 Å². The summed E-state index contributed by atoms with van der Waals surface area (Å²) >= 11 is 0. The lowest BCUT2D eigenvalue weighted by Gasteiger charge is -2.24. The van der Waals surface area contributed by atoms with Gasteiger partial charge in [-0.25, -0.2) is 8.42 Å². The zero-order valence-corrected chi connectivity index (χ0v) is 13.1. The second-order valence-electron chi connectivity index (χ2n) is 5.44. The van der Waals surface area contributed by atoms with Crippen molar-refractivity contribution in [1.82, 2.24) is 9.62 Å². The van der Waals surface area contributed by atoms with Gasteiger partial charge in [0.15, 0.2) is 11.5 Å². The summed E-state index contributed by atoms with van der Waals surface area (Å²) in [5, 5.41) is 3.07. The Morgan fingerprint density at radius 1 is 1.33 bits per heavy atom. The Kier molecular flexibility index (Phi) is 3.81. The number of hydrogen-bond donors (Lipinski definition) is 1. The molecule has 1 aromatic rings. The number of benzene rings is 1. The molecule has 1 unspecified atom stereocenters. The Balaban J connectivity index is 1.98. The number of nitrogens with one attached hydrogen (secondary N) is 1. The van der Waals surface area contributed by atoms with E-state index in [0.29, 0.717) is 35.0 Å². The Hall–Kier alpha value is -1.31. The Labute approximate surface area is 125 Å². The molecule has 3 rings (SSSR count). The maximum Gasteiger partial charge on any atom is 0.243 e. The molecule has 1 fully saturated rings. The summed E-state index contributed by atoms with van der Waals surface area (Å²) in [6.45, 7) is 3.17. The van der Waals surface area contributed by atoms with Gasteiger partial charge in [-0.1, -0.05) is 0 Å². The van der Waals surface area contributed by atoms with E-state index in [1.165, 1.54) is 0 Å². The van der Waals surface area contributed by atoms with Gasteiger partial charge in [0.1, 0.15) is 0 Å². The zero-order valence-electron chi connectivity index (χ0n) is 12.3. The number of fused-ring (bicyclic) bond motifs is 1. The summed E-state index contributed by atoms with van der Waals surface area (Å²) in [6, 6.07) is 3.34. The molecule has 116 valence electrons. The molecule has 7 heteroatoms. The minimum absolute atomic E-state index is 0.0184. The van der Waals surface area contributed by atoms with Crippen molar-refractivity contribution < 1.29 is 17.9 Å². The van der Waals surface area contributed by atoms with Crippen LogP contribution in [0.4, 0.5) is 0 Å². The van der Waals surface area contributed by atoms with Gasteiger partial charge < -0.3 is 14.8 Å². The van der Waals surface area contributed by atoms with Crippen molar-refractivity contribution in [2.75, 3.05) is 26.9 Å². The number of sulfonamides is 1. The summed E-state index contributed by atoms with van der Waals surface area (Å²) < 4.78 is 38.1. The van der Waals surface area contributed by atoms with Crippen LogP contribution in [0.1, 0.15) is 18.4 Å². The lowest BCUT2D eigenvalue weighted by Crippen LogP contribution is -2.40. The summed E-state index contributed by atoms with van der Waals surface area (Å²) in [5.74, 6) is 1.11. The smallest absolute Gasteiger partial charge is 0.243 e. The number of nitrogens with zero attached hydrogens (tertiary/aromatic N) is 1. The Morgan fingerprint density at radius 2 is 2.05 bits per heavy atom. The maximum absolute atomic E-state index is 12.9. The van der Waals surface area contributed by atoms with Crippen molar-refractivity contribution in [3.05, 3.63) is 17.7 Å². The fourth-order valence-corrected chi connectivity index (χ4v) is 4.91. The number of likely N-dealkylation sites (N-methyl/N-ethyl adjacent to an activating group) is 1. The monoisotopic (exact) mass is 312 g/mol. The third kappa shape index (κ3) is 2.49. The average molecular weight is 312 g/mol. The number of rotatable bonds is 4. The van der Waals surface area contributed by atoms with Gasteiger partial charge >= 0.3 is 0 Å². The van der Waals surface area contributed by atoms with Gasteiger partial charge in [-0.2, -0.15) is 4.31 Å². The second-order valence-corrected chi connectivity index (χ2v) is 7.30. The molecule has 6 nitrogen and oxygen atoms in total. The molecular weight excluding hydrogens is 292 g/mol. The van der Waals surface area contributed by atoms with Gasteiger partial charge in [-0.3, -0.25) is 0 Å². The van der Waals surface area contributed by atoms with Crippen molar-refractivity contribution in [2.45, 2.75) is 30.7 Å². The molecule has 1 atom stereocenters. The quantitative estimate of drug-likeness (QED) is 0.901. The standard InChI is InChI=1S/C14H20N2O4S/c1-10-6-12-13(20-9-19-12)7-14(10)21(17,18)16-5-3-4-11(16)8-15-2/h6-7,11,15H,3-5,8-9H2,1-2H3. The highest BCUT2D eigenvalue weighted by atomic mass is 32.2. The van der Waals surface area contributed by atoms with E-state index in [2.05, 4.69) is 5.32 Å². The Morgan fingerprint density at radius 3 is 2.76 bits per heavy atom. The first-order chi connectivity index (χ1) is 10.0. The molecular formula is C14H20N2O4S. The predicted molar refractivity (Wildman–Crippen MR) is 78.1 cm³/mol. The highest BCUT2D eigenvalue weighted by Crippen LogP contribution is 2.38. The van der Waals surface area contributed by atoms with E-state index in [1.807, 2.05) is 7.05 Å². The van der Waals surface area contributed by atoms with E-state index in [0.717, 1.165) is 12.8 Å². The zero-order chi connectivity index (χ0) is 15.0. The minimum Gasteiger partial charge on any atom is -0.454 e. The molecule has 1 N–H and O–H groups in total. The van der Waals surface area contributed by atoms with E-state index in [4.69, 9.17) is 9.47 Å². The molecule has 1 saturated heterocycles. The number of ether oxygens (including phenoxy) is 2. The van der Waals surface area contributed by atoms with Crippen molar-refractivity contribution >= 4 is 10.0 Å². The van der Waals surface area contributed by atoms with Gasteiger partial charge in [0.05, 0.1) is 4.90 Å². The van der Waals surface area contributed by atoms with Gasteiger partial charge in [-0.15, -0.1) is 0 Å². The van der Waals surface area contributed by atoms with Crippen molar-refractivity contribution in [2.24, 2.45) is 0 Å². The third-order valence-corrected chi connectivity index (χ3v) is 6.11. The molecule has 0 aliphatic carbocycles. The van der Waals surface area contributed by atoms with Crippen LogP contribution in [-0.2, 0) is 10.0 Å². The van der Waals surface area contributed by atoms with E-state index in [1.54, 1.807) is 23.4 Å². The summed E-state index contributed by atoms with van der Waals surface area (Å²) in [4.78, 5) is 0.315. The molecule has 0 spiro atoms. The van der Waals surface area contributed by atoms with Crippen molar-refractivity contribution in [3.8, 4) is 11.5 Å². The fraction of sp³-hybridized carbons (Fsp3) is 0.571. The summed E-state index contributed by atoms with van der Waals surface area (Å²) in [5.41, 5.74) is 0.689. The summed E-state index contributed by atoms with van der Waals surface area (Å²) in [7, 11) is -1.66. The van der Waals surface area contributed by atoms with Gasteiger partial charge in [0.25, 0.3) is 0 Å². The topological polar surface area (TPSA) is 67.9 Å². The minimum atomic E-state index is -3.50. The van der Waals surface area contributed by atoms with E-state index in [-0.39, 0.29) is 12.8 Å². The van der Waals surface area contributed by atoms with Gasteiger partial charge in [0, 0.05) is 25.2 Å². The lowest BCUT2D eigenvalue weighted by atomic mass is 10.2. The van der Waals surface area contributed by atoms with Crippen molar-refractivity contribution in [3.63, 3.8) is 0 Å². The normalized spacial score (nSPS) is 21.9. The summed E-state index contributed by atoms with van der Waals surface area (Å²) in [6.07, 6.45) is 1.79.